The summed E-state index contributed by atoms with van der Waals surface area (Å²) in [6.07, 6.45) is 5.61. The zero-order chi connectivity index (χ0) is 12.0. The molecule has 0 aliphatic heterocycles. The lowest BCUT2D eigenvalue weighted by Gasteiger charge is -2.34. The van der Waals surface area contributed by atoms with Gasteiger partial charge < -0.3 is 5.32 Å². The van der Waals surface area contributed by atoms with Gasteiger partial charge in [-0.2, -0.15) is 0 Å². The van der Waals surface area contributed by atoms with E-state index in [0.29, 0.717) is 0 Å². The van der Waals surface area contributed by atoms with Crippen molar-refractivity contribution in [2.45, 2.75) is 51.0 Å². The van der Waals surface area contributed by atoms with Crippen LogP contribution in [0.4, 0.5) is 4.79 Å². The van der Waals surface area contributed by atoms with Crippen LogP contribution in [0.2, 0.25) is 0 Å². The first kappa shape index (κ1) is 13.3. The van der Waals surface area contributed by atoms with Crippen LogP contribution in [0.3, 0.4) is 0 Å². The van der Waals surface area contributed by atoms with Crippen LogP contribution >= 0.6 is 11.6 Å². The third-order valence-electron chi connectivity index (χ3n) is 2.95. The average Bonchev–Trinajstić information content (AvgIpc) is 2.17. The van der Waals surface area contributed by atoms with E-state index in [2.05, 4.69) is 10.6 Å². The van der Waals surface area contributed by atoms with Crippen molar-refractivity contribution in [3.8, 4) is 0 Å². The van der Waals surface area contributed by atoms with Crippen LogP contribution < -0.4 is 10.6 Å². The van der Waals surface area contributed by atoms with E-state index in [4.69, 9.17) is 11.6 Å². The first-order valence-electron chi connectivity index (χ1n) is 5.74. The molecule has 0 saturated heterocycles. The van der Waals surface area contributed by atoms with E-state index in [0.717, 1.165) is 25.7 Å². The summed E-state index contributed by atoms with van der Waals surface area (Å²) in [4.78, 5) is 22.7. The summed E-state index contributed by atoms with van der Waals surface area (Å²) in [5.74, 6) is -0.0944. The Bertz CT molecular complexity index is 263. The van der Waals surface area contributed by atoms with Crippen LogP contribution in [-0.2, 0) is 4.79 Å². The molecular formula is C11H19ClN2O2. The molecule has 0 radical (unpaired) electrons. The van der Waals surface area contributed by atoms with Crippen molar-refractivity contribution in [2.75, 3.05) is 5.88 Å². The highest BCUT2D eigenvalue weighted by Gasteiger charge is 2.28. The number of hydrogen-bond donors (Lipinski definition) is 2. The van der Waals surface area contributed by atoms with Crippen molar-refractivity contribution in [3.05, 3.63) is 0 Å². The number of imide groups is 1. The quantitative estimate of drug-likeness (QED) is 0.750. The Balaban J connectivity index is 2.35. The van der Waals surface area contributed by atoms with E-state index in [9.17, 15) is 9.59 Å². The van der Waals surface area contributed by atoms with E-state index < -0.39 is 6.03 Å². The summed E-state index contributed by atoms with van der Waals surface area (Å²) in [5.41, 5.74) is -0.163. The number of carbonyl (C=O) groups excluding carboxylic acids is 2. The Morgan fingerprint density at radius 1 is 1.25 bits per heavy atom. The number of alkyl halides is 1. The maximum atomic E-state index is 11.5. The average molecular weight is 247 g/mol. The van der Waals surface area contributed by atoms with Crippen molar-refractivity contribution in [1.82, 2.24) is 10.6 Å². The zero-order valence-electron chi connectivity index (χ0n) is 9.64. The Morgan fingerprint density at radius 2 is 1.88 bits per heavy atom. The molecule has 2 N–H and O–H groups in total. The van der Waals surface area contributed by atoms with Crippen LogP contribution in [0.15, 0.2) is 0 Å². The summed E-state index contributed by atoms with van der Waals surface area (Å²) in [6, 6.07) is -0.403. The SMILES string of the molecule is CC1(NC(=O)NC(=O)CCCl)CCCCC1. The standard InChI is InChI=1S/C11H19ClN2O2/c1-11(6-3-2-4-7-11)14-10(16)13-9(15)5-8-12/h2-8H2,1H3,(H2,13,14,15,16). The number of hydrogen-bond acceptors (Lipinski definition) is 2. The molecule has 3 amide bonds. The van der Waals surface area contributed by atoms with Crippen LogP contribution in [-0.4, -0.2) is 23.4 Å². The minimum atomic E-state index is -0.403. The molecule has 4 nitrogen and oxygen atoms in total. The summed E-state index contributed by atoms with van der Waals surface area (Å²) >= 11 is 5.41. The zero-order valence-corrected chi connectivity index (χ0v) is 10.4. The molecule has 0 aromatic carbocycles. The van der Waals surface area contributed by atoms with E-state index >= 15 is 0 Å². The molecule has 5 heteroatoms. The van der Waals surface area contributed by atoms with Gasteiger partial charge in [0.1, 0.15) is 0 Å². The Kier molecular flexibility index (Phi) is 5.06. The van der Waals surface area contributed by atoms with Gasteiger partial charge in [0, 0.05) is 17.8 Å². The van der Waals surface area contributed by atoms with E-state index in [-0.39, 0.29) is 23.7 Å². The Morgan fingerprint density at radius 3 is 2.44 bits per heavy atom. The maximum Gasteiger partial charge on any atom is 0.321 e. The molecule has 1 rings (SSSR count). The summed E-state index contributed by atoms with van der Waals surface area (Å²) in [6.45, 7) is 2.03. The first-order valence-corrected chi connectivity index (χ1v) is 6.27. The second-order valence-electron chi connectivity index (χ2n) is 4.56. The maximum absolute atomic E-state index is 11.5. The van der Waals surface area contributed by atoms with Gasteiger partial charge in [0.05, 0.1) is 0 Å². The van der Waals surface area contributed by atoms with Gasteiger partial charge in [-0.1, -0.05) is 19.3 Å². The minimum Gasteiger partial charge on any atom is -0.333 e. The van der Waals surface area contributed by atoms with Gasteiger partial charge in [0.15, 0.2) is 0 Å². The Hall–Kier alpha value is -0.770. The molecular weight excluding hydrogens is 228 g/mol. The second kappa shape index (κ2) is 6.09. The highest BCUT2D eigenvalue weighted by molar-refractivity contribution is 6.19. The summed E-state index contributed by atoms with van der Waals surface area (Å²) in [7, 11) is 0. The molecule has 92 valence electrons. The van der Waals surface area contributed by atoms with Crippen molar-refractivity contribution >= 4 is 23.5 Å². The fourth-order valence-corrected chi connectivity index (χ4v) is 2.21. The van der Waals surface area contributed by atoms with Gasteiger partial charge in [-0.25, -0.2) is 4.79 Å². The predicted octanol–water partition coefficient (Wildman–Crippen LogP) is 2.16. The van der Waals surface area contributed by atoms with Gasteiger partial charge in [-0.05, 0) is 19.8 Å². The fraction of sp³-hybridized carbons (Fsp3) is 0.818. The lowest BCUT2D eigenvalue weighted by Crippen LogP contribution is -2.52. The van der Waals surface area contributed by atoms with Crippen LogP contribution in [0.1, 0.15) is 45.4 Å². The van der Waals surface area contributed by atoms with Crippen molar-refractivity contribution in [3.63, 3.8) is 0 Å². The van der Waals surface area contributed by atoms with Gasteiger partial charge in [0.25, 0.3) is 0 Å². The van der Waals surface area contributed by atoms with E-state index in [1.54, 1.807) is 0 Å². The fourth-order valence-electron chi connectivity index (χ4n) is 2.04. The third kappa shape index (κ3) is 4.39. The summed E-state index contributed by atoms with van der Waals surface area (Å²) in [5, 5.41) is 5.15. The number of carbonyl (C=O) groups is 2. The molecule has 0 aromatic heterocycles. The van der Waals surface area contributed by atoms with Gasteiger partial charge in [-0.15, -0.1) is 11.6 Å². The molecule has 0 atom stereocenters. The smallest absolute Gasteiger partial charge is 0.321 e. The van der Waals surface area contributed by atoms with Crippen molar-refractivity contribution in [2.24, 2.45) is 0 Å². The number of rotatable bonds is 3. The van der Waals surface area contributed by atoms with Crippen molar-refractivity contribution < 1.29 is 9.59 Å². The predicted molar refractivity (Wildman–Crippen MR) is 63.5 cm³/mol. The van der Waals surface area contributed by atoms with Gasteiger partial charge in [0.2, 0.25) is 5.91 Å². The molecule has 0 spiro atoms. The first-order chi connectivity index (χ1) is 7.56. The number of halogens is 1. The molecule has 1 aliphatic carbocycles. The lowest BCUT2D eigenvalue weighted by atomic mass is 9.83. The van der Waals surface area contributed by atoms with E-state index in [1.165, 1.54) is 6.42 Å². The highest BCUT2D eigenvalue weighted by atomic mass is 35.5. The van der Waals surface area contributed by atoms with Crippen molar-refractivity contribution in [1.29, 1.82) is 0 Å². The lowest BCUT2D eigenvalue weighted by molar-refractivity contribution is -0.119. The molecule has 1 fully saturated rings. The second-order valence-corrected chi connectivity index (χ2v) is 4.94. The molecule has 0 bridgehead atoms. The normalized spacial score (nSPS) is 18.9. The molecule has 0 aromatic rings. The number of amides is 3. The minimum absolute atomic E-state index is 0.163. The largest absolute Gasteiger partial charge is 0.333 e. The molecule has 16 heavy (non-hydrogen) atoms. The number of nitrogens with one attached hydrogen (secondary N) is 2. The van der Waals surface area contributed by atoms with Gasteiger partial charge in [-0.3, -0.25) is 10.1 Å². The highest BCUT2D eigenvalue weighted by Crippen LogP contribution is 2.27. The van der Waals surface area contributed by atoms with Crippen LogP contribution in [0.25, 0.3) is 0 Å². The summed E-state index contributed by atoms with van der Waals surface area (Å²) < 4.78 is 0. The van der Waals surface area contributed by atoms with Crippen LogP contribution in [0, 0.1) is 0 Å². The molecule has 0 heterocycles. The molecule has 0 unspecified atom stereocenters. The topological polar surface area (TPSA) is 58.2 Å². The van der Waals surface area contributed by atoms with E-state index in [1.807, 2.05) is 6.92 Å². The monoisotopic (exact) mass is 246 g/mol. The van der Waals surface area contributed by atoms with Gasteiger partial charge >= 0.3 is 6.03 Å². The third-order valence-corrected chi connectivity index (χ3v) is 3.14. The Labute approximate surface area is 101 Å². The number of urea groups is 1. The molecule has 1 aliphatic rings. The van der Waals surface area contributed by atoms with Crippen LogP contribution in [0.5, 0.6) is 0 Å². The molecule has 1 saturated carbocycles.